The monoisotopic (exact) mass is 303 g/mol. The number of aliphatic hydroxyl groups is 1. The molecule has 0 aromatic heterocycles. The zero-order chi connectivity index (χ0) is 14.7. The minimum Gasteiger partial charge on any atom is -0.496 e. The van der Waals surface area contributed by atoms with Crippen molar-refractivity contribution < 1.29 is 9.84 Å². The van der Waals surface area contributed by atoms with Crippen molar-refractivity contribution in [1.29, 1.82) is 0 Å². The predicted octanol–water partition coefficient (Wildman–Crippen LogP) is 2.81. The van der Waals surface area contributed by atoms with Gasteiger partial charge in [0.15, 0.2) is 0 Å². The standard InChI is InChI=1S/C17H21NO2S/c1-20-16-7-6-13(14-4-2-3-5-15(14)16)10-18-11-17(19)8-9-21-12-17/h2-7,18-19H,8-12H2,1H3. The van der Waals surface area contributed by atoms with Crippen LogP contribution in [0.25, 0.3) is 10.8 Å². The first-order valence-corrected chi connectivity index (χ1v) is 8.43. The van der Waals surface area contributed by atoms with Crippen molar-refractivity contribution in [3.8, 4) is 5.75 Å². The fraction of sp³-hybridized carbons (Fsp3) is 0.412. The lowest BCUT2D eigenvalue weighted by atomic mass is 10.0. The SMILES string of the molecule is COc1ccc(CNCC2(O)CCSC2)c2ccccc12. The summed E-state index contributed by atoms with van der Waals surface area (Å²) >= 11 is 1.83. The number of methoxy groups -OCH3 is 1. The lowest BCUT2D eigenvalue weighted by Gasteiger charge is -2.22. The van der Waals surface area contributed by atoms with Crippen LogP contribution in [0.3, 0.4) is 0 Å². The molecule has 3 rings (SSSR count). The summed E-state index contributed by atoms with van der Waals surface area (Å²) in [7, 11) is 1.70. The third-order valence-corrected chi connectivity index (χ3v) is 5.28. The molecule has 1 aliphatic heterocycles. The van der Waals surface area contributed by atoms with E-state index in [0.717, 1.165) is 35.6 Å². The number of ether oxygens (including phenoxy) is 1. The maximum atomic E-state index is 10.4. The fourth-order valence-corrected chi connectivity index (χ4v) is 4.13. The van der Waals surface area contributed by atoms with E-state index in [9.17, 15) is 5.11 Å². The Labute approximate surface area is 129 Å². The molecule has 1 atom stereocenters. The van der Waals surface area contributed by atoms with Gasteiger partial charge in [-0.15, -0.1) is 0 Å². The topological polar surface area (TPSA) is 41.5 Å². The third-order valence-electron chi connectivity index (χ3n) is 4.05. The molecule has 112 valence electrons. The van der Waals surface area contributed by atoms with Crippen LogP contribution in [0.15, 0.2) is 36.4 Å². The smallest absolute Gasteiger partial charge is 0.126 e. The van der Waals surface area contributed by atoms with E-state index >= 15 is 0 Å². The Kier molecular flexibility index (Phi) is 4.38. The van der Waals surface area contributed by atoms with Gasteiger partial charge in [0.25, 0.3) is 0 Å². The molecular weight excluding hydrogens is 282 g/mol. The molecule has 2 aromatic rings. The van der Waals surface area contributed by atoms with Crippen molar-refractivity contribution in [2.24, 2.45) is 0 Å². The second-order valence-electron chi connectivity index (χ2n) is 5.60. The van der Waals surface area contributed by atoms with E-state index in [2.05, 4.69) is 23.5 Å². The van der Waals surface area contributed by atoms with E-state index in [1.807, 2.05) is 30.0 Å². The van der Waals surface area contributed by atoms with Crippen LogP contribution in [0.4, 0.5) is 0 Å². The Morgan fingerprint density at radius 2 is 2.05 bits per heavy atom. The average molecular weight is 303 g/mol. The first-order chi connectivity index (χ1) is 10.2. The summed E-state index contributed by atoms with van der Waals surface area (Å²) in [6, 6.07) is 12.4. The average Bonchev–Trinajstić information content (AvgIpc) is 2.94. The maximum absolute atomic E-state index is 10.4. The summed E-state index contributed by atoms with van der Waals surface area (Å²) in [6.07, 6.45) is 0.883. The van der Waals surface area contributed by atoms with Gasteiger partial charge in [-0.05, 0) is 29.2 Å². The summed E-state index contributed by atoms with van der Waals surface area (Å²) in [4.78, 5) is 0. The molecule has 3 nitrogen and oxygen atoms in total. The zero-order valence-corrected chi connectivity index (χ0v) is 13.1. The van der Waals surface area contributed by atoms with Crippen LogP contribution in [0.1, 0.15) is 12.0 Å². The Hall–Kier alpha value is -1.23. The number of benzene rings is 2. The zero-order valence-electron chi connectivity index (χ0n) is 12.3. The predicted molar refractivity (Wildman–Crippen MR) is 89.1 cm³/mol. The van der Waals surface area contributed by atoms with Crippen LogP contribution >= 0.6 is 11.8 Å². The van der Waals surface area contributed by atoms with Gasteiger partial charge >= 0.3 is 0 Å². The summed E-state index contributed by atoms with van der Waals surface area (Å²) in [5.74, 6) is 2.80. The molecule has 2 N–H and O–H groups in total. The van der Waals surface area contributed by atoms with Crippen molar-refractivity contribution in [3.63, 3.8) is 0 Å². The molecule has 0 amide bonds. The molecule has 1 saturated heterocycles. The quantitative estimate of drug-likeness (QED) is 0.891. The molecule has 0 spiro atoms. The van der Waals surface area contributed by atoms with Crippen LogP contribution < -0.4 is 10.1 Å². The lowest BCUT2D eigenvalue weighted by Crippen LogP contribution is -2.40. The molecule has 21 heavy (non-hydrogen) atoms. The number of hydrogen-bond donors (Lipinski definition) is 2. The second-order valence-corrected chi connectivity index (χ2v) is 6.71. The highest BCUT2D eigenvalue weighted by Crippen LogP contribution is 2.29. The Morgan fingerprint density at radius 3 is 2.76 bits per heavy atom. The van der Waals surface area contributed by atoms with Gasteiger partial charge in [-0.3, -0.25) is 0 Å². The highest BCUT2D eigenvalue weighted by atomic mass is 32.2. The van der Waals surface area contributed by atoms with Crippen LogP contribution in [-0.4, -0.2) is 35.9 Å². The molecule has 4 heteroatoms. The Morgan fingerprint density at radius 1 is 1.24 bits per heavy atom. The fourth-order valence-electron chi connectivity index (χ4n) is 2.83. The van der Waals surface area contributed by atoms with Gasteiger partial charge in [-0.1, -0.05) is 30.3 Å². The minimum absolute atomic E-state index is 0.535. The summed E-state index contributed by atoms with van der Waals surface area (Å²) in [5.41, 5.74) is 0.702. The van der Waals surface area contributed by atoms with Crippen LogP contribution in [0.5, 0.6) is 5.75 Å². The molecule has 1 aliphatic rings. The van der Waals surface area contributed by atoms with Gasteiger partial charge in [-0.2, -0.15) is 11.8 Å². The summed E-state index contributed by atoms with van der Waals surface area (Å²) < 4.78 is 5.42. The number of rotatable bonds is 5. The van der Waals surface area contributed by atoms with Crippen molar-refractivity contribution in [3.05, 3.63) is 42.0 Å². The molecule has 1 fully saturated rings. The molecule has 1 heterocycles. The van der Waals surface area contributed by atoms with E-state index in [-0.39, 0.29) is 0 Å². The first kappa shape index (κ1) is 14.7. The van der Waals surface area contributed by atoms with E-state index in [4.69, 9.17) is 4.74 Å². The van der Waals surface area contributed by atoms with Crippen molar-refractivity contribution in [2.75, 3.05) is 25.2 Å². The molecule has 0 saturated carbocycles. The van der Waals surface area contributed by atoms with Gasteiger partial charge in [-0.25, -0.2) is 0 Å². The van der Waals surface area contributed by atoms with Crippen LogP contribution in [0.2, 0.25) is 0 Å². The molecular formula is C17H21NO2S. The normalized spacial score (nSPS) is 21.8. The van der Waals surface area contributed by atoms with E-state index in [0.29, 0.717) is 6.54 Å². The summed E-state index contributed by atoms with van der Waals surface area (Å²) in [6.45, 7) is 1.41. The first-order valence-electron chi connectivity index (χ1n) is 7.27. The third kappa shape index (κ3) is 3.18. The largest absolute Gasteiger partial charge is 0.496 e. The van der Waals surface area contributed by atoms with Gasteiger partial charge in [0.05, 0.1) is 12.7 Å². The number of hydrogen-bond acceptors (Lipinski definition) is 4. The molecule has 0 aliphatic carbocycles. The van der Waals surface area contributed by atoms with Gasteiger partial charge < -0.3 is 15.2 Å². The van der Waals surface area contributed by atoms with Gasteiger partial charge in [0, 0.05) is 24.2 Å². The Bertz CT molecular complexity index is 623. The molecule has 2 aromatic carbocycles. The minimum atomic E-state index is -0.535. The lowest BCUT2D eigenvalue weighted by molar-refractivity contribution is 0.0675. The number of fused-ring (bicyclic) bond motifs is 1. The van der Waals surface area contributed by atoms with Crippen molar-refractivity contribution >= 4 is 22.5 Å². The van der Waals surface area contributed by atoms with Gasteiger partial charge in [0.1, 0.15) is 5.75 Å². The van der Waals surface area contributed by atoms with Crippen molar-refractivity contribution in [2.45, 2.75) is 18.6 Å². The Balaban J connectivity index is 1.75. The van der Waals surface area contributed by atoms with Crippen molar-refractivity contribution in [1.82, 2.24) is 5.32 Å². The highest BCUT2D eigenvalue weighted by Gasteiger charge is 2.30. The summed E-state index contributed by atoms with van der Waals surface area (Å²) in [5, 5.41) is 16.1. The maximum Gasteiger partial charge on any atom is 0.126 e. The molecule has 0 radical (unpaired) electrons. The van der Waals surface area contributed by atoms with Crippen LogP contribution in [0, 0.1) is 0 Å². The molecule has 1 unspecified atom stereocenters. The van der Waals surface area contributed by atoms with E-state index in [1.165, 1.54) is 10.9 Å². The number of nitrogens with one attached hydrogen (secondary N) is 1. The van der Waals surface area contributed by atoms with Gasteiger partial charge in [0.2, 0.25) is 0 Å². The molecule has 0 bridgehead atoms. The highest BCUT2D eigenvalue weighted by molar-refractivity contribution is 7.99. The van der Waals surface area contributed by atoms with Crippen LogP contribution in [-0.2, 0) is 6.54 Å². The van der Waals surface area contributed by atoms with E-state index < -0.39 is 5.60 Å². The van der Waals surface area contributed by atoms with E-state index in [1.54, 1.807) is 7.11 Å². The number of thioether (sulfide) groups is 1. The second kappa shape index (κ2) is 6.26.